The topological polar surface area (TPSA) is 61.4 Å². The summed E-state index contributed by atoms with van der Waals surface area (Å²) in [6.07, 6.45) is 4.14. The Morgan fingerprint density at radius 2 is 2.32 bits per heavy atom. The van der Waals surface area contributed by atoms with E-state index < -0.39 is 0 Å². The van der Waals surface area contributed by atoms with Gasteiger partial charge in [-0.3, -0.25) is 4.79 Å². The van der Waals surface area contributed by atoms with E-state index in [4.69, 9.17) is 0 Å². The molecular weight excluding hydrogens is 240 g/mol. The van der Waals surface area contributed by atoms with Gasteiger partial charge in [-0.1, -0.05) is 17.7 Å². The highest BCUT2D eigenvalue weighted by atomic mass is 16.3. The number of rotatable bonds is 4. The Kier molecular flexibility index (Phi) is 4.58. The predicted octanol–water partition coefficient (Wildman–Crippen LogP) is 1.74. The molecule has 0 unspecified atom stereocenters. The molecule has 0 saturated heterocycles. The van der Waals surface area contributed by atoms with Gasteiger partial charge < -0.3 is 15.7 Å². The van der Waals surface area contributed by atoms with E-state index in [9.17, 15) is 9.90 Å². The molecule has 4 nitrogen and oxygen atoms in total. The number of hydrogen-bond acceptors (Lipinski definition) is 3. The van der Waals surface area contributed by atoms with E-state index in [1.165, 1.54) is 5.57 Å². The highest BCUT2D eigenvalue weighted by Crippen LogP contribution is 2.19. The van der Waals surface area contributed by atoms with Crippen molar-refractivity contribution in [2.75, 3.05) is 19.6 Å². The summed E-state index contributed by atoms with van der Waals surface area (Å²) in [6.45, 7) is 4.33. The Morgan fingerprint density at radius 3 is 3.05 bits per heavy atom. The maximum atomic E-state index is 12.0. The number of aromatic hydroxyl groups is 1. The molecule has 1 aromatic carbocycles. The largest absolute Gasteiger partial charge is 0.508 e. The highest BCUT2D eigenvalue weighted by molar-refractivity contribution is 5.96. The zero-order valence-corrected chi connectivity index (χ0v) is 11.2. The molecule has 0 aromatic heterocycles. The van der Waals surface area contributed by atoms with Gasteiger partial charge in [0.2, 0.25) is 0 Å². The molecule has 2 rings (SSSR count). The van der Waals surface area contributed by atoms with Crippen molar-refractivity contribution in [3.8, 4) is 5.75 Å². The molecule has 19 heavy (non-hydrogen) atoms. The van der Waals surface area contributed by atoms with Crippen molar-refractivity contribution in [3.63, 3.8) is 0 Å². The van der Waals surface area contributed by atoms with Gasteiger partial charge in [0.25, 0.3) is 5.91 Å². The Labute approximate surface area is 113 Å². The molecule has 1 amide bonds. The molecule has 0 radical (unpaired) electrons. The summed E-state index contributed by atoms with van der Waals surface area (Å²) in [5, 5.41) is 15.7. The van der Waals surface area contributed by atoms with Crippen molar-refractivity contribution in [2.24, 2.45) is 0 Å². The molecule has 102 valence electrons. The zero-order chi connectivity index (χ0) is 13.7. The molecule has 3 N–H and O–H groups in total. The summed E-state index contributed by atoms with van der Waals surface area (Å²) in [5.74, 6) is 0.0386. The monoisotopic (exact) mass is 260 g/mol. The molecular formula is C15H20N2O2. The lowest BCUT2D eigenvalue weighted by Gasteiger charge is -2.14. The summed E-state index contributed by atoms with van der Waals surface area (Å²) in [7, 11) is 0. The number of amides is 1. The molecule has 0 atom stereocenters. The van der Waals surface area contributed by atoms with E-state index in [2.05, 4.69) is 16.7 Å². The number of nitrogens with one attached hydrogen (secondary N) is 2. The summed E-state index contributed by atoms with van der Waals surface area (Å²) in [4.78, 5) is 12.0. The molecule has 0 aliphatic carbocycles. The minimum atomic E-state index is -0.122. The summed E-state index contributed by atoms with van der Waals surface area (Å²) in [5.41, 5.74) is 2.56. The lowest BCUT2D eigenvalue weighted by atomic mass is 10.1. The molecule has 1 aliphatic heterocycles. The first-order chi connectivity index (χ1) is 9.18. The van der Waals surface area contributed by atoms with Crippen LogP contribution in [-0.4, -0.2) is 30.6 Å². The Hall–Kier alpha value is -1.81. The van der Waals surface area contributed by atoms with Crippen LogP contribution in [0.4, 0.5) is 0 Å². The quantitative estimate of drug-likeness (QED) is 0.723. The van der Waals surface area contributed by atoms with Crippen molar-refractivity contribution >= 4 is 5.91 Å². The van der Waals surface area contributed by atoms with Gasteiger partial charge in [-0.2, -0.15) is 0 Å². The average molecular weight is 260 g/mol. The van der Waals surface area contributed by atoms with E-state index in [1.807, 2.05) is 0 Å². The van der Waals surface area contributed by atoms with Crippen molar-refractivity contribution in [1.82, 2.24) is 10.6 Å². The Balaban J connectivity index is 1.87. The van der Waals surface area contributed by atoms with Gasteiger partial charge in [-0.25, -0.2) is 0 Å². The van der Waals surface area contributed by atoms with E-state index in [0.717, 1.165) is 25.9 Å². The Morgan fingerprint density at radius 1 is 1.47 bits per heavy atom. The van der Waals surface area contributed by atoms with E-state index in [-0.39, 0.29) is 11.7 Å². The van der Waals surface area contributed by atoms with Crippen LogP contribution in [0, 0.1) is 6.92 Å². The third-order valence-electron chi connectivity index (χ3n) is 3.44. The van der Waals surface area contributed by atoms with Gasteiger partial charge in [0.1, 0.15) is 5.75 Å². The van der Waals surface area contributed by atoms with E-state index >= 15 is 0 Å². The number of carbonyl (C=O) groups excluding carboxylic acids is 1. The van der Waals surface area contributed by atoms with Crippen LogP contribution in [-0.2, 0) is 0 Å². The van der Waals surface area contributed by atoms with Crippen LogP contribution in [0.2, 0.25) is 0 Å². The lowest BCUT2D eigenvalue weighted by molar-refractivity contribution is 0.0953. The number of phenolic OH excluding ortho intramolecular Hbond substituents is 1. The lowest BCUT2D eigenvalue weighted by Crippen LogP contribution is -2.27. The van der Waals surface area contributed by atoms with Gasteiger partial charge in [-0.15, -0.1) is 0 Å². The van der Waals surface area contributed by atoms with Crippen LogP contribution in [0.5, 0.6) is 5.75 Å². The van der Waals surface area contributed by atoms with Crippen LogP contribution in [0.1, 0.15) is 28.8 Å². The SMILES string of the molecule is Cc1c(O)cccc1C(=O)NCCC1=CCNCC1. The fourth-order valence-electron chi connectivity index (χ4n) is 2.20. The number of hydrogen-bond donors (Lipinski definition) is 3. The van der Waals surface area contributed by atoms with Gasteiger partial charge in [0.05, 0.1) is 0 Å². The van der Waals surface area contributed by atoms with E-state index in [1.54, 1.807) is 25.1 Å². The maximum Gasteiger partial charge on any atom is 0.251 e. The fourth-order valence-corrected chi connectivity index (χ4v) is 2.20. The molecule has 0 saturated carbocycles. The van der Waals surface area contributed by atoms with Gasteiger partial charge in [0.15, 0.2) is 0 Å². The molecule has 0 bridgehead atoms. The van der Waals surface area contributed by atoms with Crippen molar-refractivity contribution in [2.45, 2.75) is 19.8 Å². The second-order valence-electron chi connectivity index (χ2n) is 4.77. The summed E-state index contributed by atoms with van der Waals surface area (Å²) < 4.78 is 0. The van der Waals surface area contributed by atoms with Crippen molar-refractivity contribution < 1.29 is 9.90 Å². The minimum absolute atomic E-state index is 0.122. The van der Waals surface area contributed by atoms with Crippen molar-refractivity contribution in [1.29, 1.82) is 0 Å². The third kappa shape index (κ3) is 3.58. The second kappa shape index (κ2) is 6.38. The predicted molar refractivity (Wildman–Crippen MR) is 75.4 cm³/mol. The van der Waals surface area contributed by atoms with E-state index in [0.29, 0.717) is 17.7 Å². The first kappa shape index (κ1) is 13.6. The summed E-state index contributed by atoms with van der Waals surface area (Å²) in [6, 6.07) is 5.01. The molecule has 1 aliphatic rings. The molecule has 1 aromatic rings. The van der Waals surface area contributed by atoms with Crippen LogP contribution in [0.3, 0.4) is 0 Å². The fraction of sp³-hybridized carbons (Fsp3) is 0.400. The Bertz CT molecular complexity index is 495. The normalized spacial score (nSPS) is 14.9. The van der Waals surface area contributed by atoms with Crippen LogP contribution >= 0.6 is 0 Å². The first-order valence-corrected chi connectivity index (χ1v) is 6.64. The number of benzene rings is 1. The molecule has 0 fully saturated rings. The second-order valence-corrected chi connectivity index (χ2v) is 4.77. The summed E-state index contributed by atoms with van der Waals surface area (Å²) >= 11 is 0. The van der Waals surface area contributed by atoms with Crippen LogP contribution in [0.15, 0.2) is 29.8 Å². The maximum absolute atomic E-state index is 12.0. The molecule has 1 heterocycles. The molecule has 4 heteroatoms. The molecule has 0 spiro atoms. The average Bonchev–Trinajstić information content (AvgIpc) is 2.43. The van der Waals surface area contributed by atoms with Gasteiger partial charge >= 0.3 is 0 Å². The zero-order valence-electron chi connectivity index (χ0n) is 11.2. The van der Waals surface area contributed by atoms with Crippen LogP contribution < -0.4 is 10.6 Å². The van der Waals surface area contributed by atoms with Crippen molar-refractivity contribution in [3.05, 3.63) is 41.0 Å². The smallest absolute Gasteiger partial charge is 0.251 e. The number of carbonyl (C=O) groups is 1. The standard InChI is InChI=1S/C15H20N2O2/c1-11-13(3-2-4-14(11)18)15(19)17-10-7-12-5-8-16-9-6-12/h2-5,16,18H,6-10H2,1H3,(H,17,19). The van der Waals surface area contributed by atoms with Gasteiger partial charge in [0, 0.05) is 24.2 Å². The number of phenols is 1. The third-order valence-corrected chi connectivity index (χ3v) is 3.44. The highest BCUT2D eigenvalue weighted by Gasteiger charge is 2.11. The van der Waals surface area contributed by atoms with Crippen LogP contribution in [0.25, 0.3) is 0 Å². The minimum Gasteiger partial charge on any atom is -0.508 e. The first-order valence-electron chi connectivity index (χ1n) is 6.64. The van der Waals surface area contributed by atoms with Gasteiger partial charge in [-0.05, 0) is 38.4 Å².